The maximum absolute atomic E-state index is 13.5. The summed E-state index contributed by atoms with van der Waals surface area (Å²) < 4.78 is 23.7. The number of fused-ring (bicyclic) bond motifs is 2. The fourth-order valence-corrected chi connectivity index (χ4v) is 1.98. The molecule has 0 unspecified atom stereocenters. The van der Waals surface area contributed by atoms with Gasteiger partial charge in [0.25, 0.3) is 0 Å². The topological polar surface area (TPSA) is 43.4 Å². The molecule has 0 spiro atoms. The average molecular weight is 232 g/mol. The second-order valence-corrected chi connectivity index (χ2v) is 4.09. The first-order valence-corrected chi connectivity index (χ1v) is 5.18. The first-order chi connectivity index (χ1) is 8.08. The van der Waals surface area contributed by atoms with E-state index in [1.807, 2.05) is 6.92 Å². The Kier molecular flexibility index (Phi) is 1.90. The van der Waals surface area contributed by atoms with E-state index in [1.54, 1.807) is 25.3 Å². The lowest BCUT2D eigenvalue weighted by molar-refractivity contribution is 0.482. The van der Waals surface area contributed by atoms with Crippen molar-refractivity contribution in [3.63, 3.8) is 0 Å². The van der Waals surface area contributed by atoms with E-state index in [4.69, 9.17) is 8.83 Å². The van der Waals surface area contributed by atoms with Crippen LogP contribution in [0.15, 0.2) is 32.0 Å². The van der Waals surface area contributed by atoms with Crippen molar-refractivity contribution in [1.82, 2.24) is 0 Å². The second-order valence-electron chi connectivity index (χ2n) is 4.09. The van der Waals surface area contributed by atoms with E-state index in [0.29, 0.717) is 22.1 Å². The third-order valence-corrected chi connectivity index (χ3v) is 2.98. The van der Waals surface area contributed by atoms with E-state index >= 15 is 0 Å². The largest absolute Gasteiger partial charge is 0.464 e. The van der Waals surface area contributed by atoms with Crippen LogP contribution >= 0.6 is 0 Å². The number of halogens is 1. The van der Waals surface area contributed by atoms with Gasteiger partial charge in [-0.2, -0.15) is 4.39 Å². The molecule has 1 aromatic carbocycles. The zero-order valence-corrected chi connectivity index (χ0v) is 9.33. The molecular formula is C13H9FO3. The molecule has 2 heterocycles. The van der Waals surface area contributed by atoms with Gasteiger partial charge in [-0.05, 0) is 25.5 Å². The Morgan fingerprint density at radius 2 is 1.88 bits per heavy atom. The Labute approximate surface area is 95.5 Å². The molecule has 0 saturated heterocycles. The lowest BCUT2D eigenvalue weighted by Gasteiger charge is -2.01. The molecule has 17 heavy (non-hydrogen) atoms. The zero-order valence-electron chi connectivity index (χ0n) is 9.33. The number of rotatable bonds is 0. The third kappa shape index (κ3) is 1.30. The van der Waals surface area contributed by atoms with Gasteiger partial charge < -0.3 is 8.83 Å². The first kappa shape index (κ1) is 10.1. The molecule has 0 aliphatic carbocycles. The van der Waals surface area contributed by atoms with Gasteiger partial charge in [-0.3, -0.25) is 0 Å². The molecule has 0 radical (unpaired) electrons. The molecule has 3 rings (SSSR count). The van der Waals surface area contributed by atoms with Gasteiger partial charge in [0.05, 0.1) is 6.26 Å². The summed E-state index contributed by atoms with van der Waals surface area (Å²) in [5.74, 6) is -0.835. The van der Waals surface area contributed by atoms with Crippen LogP contribution in [0.25, 0.3) is 21.9 Å². The van der Waals surface area contributed by atoms with Crippen LogP contribution in [0, 0.1) is 19.7 Å². The van der Waals surface area contributed by atoms with E-state index < -0.39 is 11.4 Å². The molecule has 0 aliphatic rings. The van der Waals surface area contributed by atoms with Crippen molar-refractivity contribution in [2.45, 2.75) is 13.8 Å². The number of hydrogen-bond acceptors (Lipinski definition) is 3. The van der Waals surface area contributed by atoms with Crippen molar-refractivity contribution < 1.29 is 13.2 Å². The van der Waals surface area contributed by atoms with E-state index in [9.17, 15) is 9.18 Å². The molecule has 3 nitrogen and oxygen atoms in total. The summed E-state index contributed by atoms with van der Waals surface area (Å²) in [6, 6.07) is 3.40. The van der Waals surface area contributed by atoms with Gasteiger partial charge in [-0.25, -0.2) is 4.79 Å². The number of hydrogen-bond donors (Lipinski definition) is 0. The van der Waals surface area contributed by atoms with E-state index in [2.05, 4.69) is 0 Å². The summed E-state index contributed by atoms with van der Waals surface area (Å²) in [6.45, 7) is 3.47. The summed E-state index contributed by atoms with van der Waals surface area (Å²) in [4.78, 5) is 11.2. The van der Waals surface area contributed by atoms with Crippen LogP contribution in [0.1, 0.15) is 11.1 Å². The second kappa shape index (κ2) is 3.20. The van der Waals surface area contributed by atoms with E-state index in [-0.39, 0.29) is 0 Å². The average Bonchev–Trinajstić information content (AvgIpc) is 2.66. The number of aryl methyl sites for hydroxylation is 2. The Hall–Kier alpha value is -2.10. The predicted octanol–water partition coefficient (Wildman–Crippen LogP) is 3.30. The highest BCUT2D eigenvalue weighted by atomic mass is 19.1. The van der Waals surface area contributed by atoms with Crippen LogP contribution in [0.2, 0.25) is 0 Å². The molecule has 0 aliphatic heterocycles. The zero-order chi connectivity index (χ0) is 12.2. The van der Waals surface area contributed by atoms with Crippen LogP contribution in [0.5, 0.6) is 0 Å². The summed E-state index contributed by atoms with van der Waals surface area (Å²) in [5, 5.41) is 1.49. The van der Waals surface area contributed by atoms with E-state index in [0.717, 1.165) is 10.9 Å². The SMILES string of the molecule is Cc1coc2cc3oc(=O)c(F)c(C)c3cc12. The van der Waals surface area contributed by atoms with Gasteiger partial charge in [0.1, 0.15) is 11.2 Å². The lowest BCUT2D eigenvalue weighted by Crippen LogP contribution is -2.06. The van der Waals surface area contributed by atoms with Gasteiger partial charge in [-0.1, -0.05) is 0 Å². The van der Waals surface area contributed by atoms with Crippen molar-refractivity contribution in [1.29, 1.82) is 0 Å². The highest BCUT2D eigenvalue weighted by Gasteiger charge is 2.13. The number of furan rings is 1. The standard InChI is InChI=1S/C13H9FO3/c1-6-5-16-10-4-11-9(3-8(6)10)7(2)12(14)13(15)17-11/h3-5H,1-2H3. The van der Waals surface area contributed by atoms with Crippen LogP contribution in [0.4, 0.5) is 4.39 Å². The molecular weight excluding hydrogens is 223 g/mol. The molecule has 0 atom stereocenters. The monoisotopic (exact) mass is 232 g/mol. The smallest absolute Gasteiger partial charge is 0.372 e. The first-order valence-electron chi connectivity index (χ1n) is 5.18. The molecule has 0 fully saturated rings. The fourth-order valence-electron chi connectivity index (χ4n) is 1.98. The molecule has 0 amide bonds. The summed E-state index contributed by atoms with van der Waals surface area (Å²) in [7, 11) is 0. The maximum Gasteiger partial charge on any atom is 0.372 e. The van der Waals surface area contributed by atoms with E-state index in [1.165, 1.54) is 0 Å². The Balaban J connectivity index is 2.58. The minimum atomic E-state index is -0.947. The summed E-state index contributed by atoms with van der Waals surface area (Å²) in [6.07, 6.45) is 1.62. The van der Waals surface area contributed by atoms with Crippen LogP contribution in [0.3, 0.4) is 0 Å². The van der Waals surface area contributed by atoms with Gasteiger partial charge in [0.2, 0.25) is 5.82 Å². The Morgan fingerprint density at radius 1 is 1.12 bits per heavy atom. The molecule has 86 valence electrons. The quantitative estimate of drug-likeness (QED) is 0.558. The Bertz CT molecular complexity index is 796. The van der Waals surface area contributed by atoms with Crippen molar-refractivity contribution in [2.24, 2.45) is 0 Å². The molecule has 0 saturated carbocycles. The molecule has 4 heteroatoms. The lowest BCUT2D eigenvalue weighted by atomic mass is 10.1. The highest BCUT2D eigenvalue weighted by Crippen LogP contribution is 2.28. The van der Waals surface area contributed by atoms with Crippen molar-refractivity contribution >= 4 is 21.9 Å². The molecule has 3 aromatic rings. The van der Waals surface area contributed by atoms with Crippen molar-refractivity contribution in [2.75, 3.05) is 0 Å². The predicted molar refractivity (Wildman–Crippen MR) is 61.7 cm³/mol. The van der Waals surface area contributed by atoms with Crippen molar-refractivity contribution in [3.8, 4) is 0 Å². The molecule has 0 N–H and O–H groups in total. The van der Waals surface area contributed by atoms with Crippen LogP contribution in [-0.4, -0.2) is 0 Å². The van der Waals surface area contributed by atoms with Crippen molar-refractivity contribution in [3.05, 3.63) is 45.8 Å². The molecule has 2 aromatic heterocycles. The third-order valence-electron chi connectivity index (χ3n) is 2.98. The normalized spacial score (nSPS) is 11.5. The number of benzene rings is 1. The van der Waals surface area contributed by atoms with Crippen LogP contribution in [-0.2, 0) is 0 Å². The van der Waals surface area contributed by atoms with Crippen LogP contribution < -0.4 is 5.63 Å². The Morgan fingerprint density at radius 3 is 2.65 bits per heavy atom. The highest BCUT2D eigenvalue weighted by molar-refractivity contribution is 5.95. The van der Waals surface area contributed by atoms with Gasteiger partial charge in [0.15, 0.2) is 0 Å². The summed E-state index contributed by atoms with van der Waals surface area (Å²) in [5.41, 5.74) is 1.30. The van der Waals surface area contributed by atoms with Gasteiger partial charge >= 0.3 is 5.63 Å². The minimum absolute atomic E-state index is 0.304. The van der Waals surface area contributed by atoms with Gasteiger partial charge in [-0.15, -0.1) is 0 Å². The fraction of sp³-hybridized carbons (Fsp3) is 0.154. The minimum Gasteiger partial charge on any atom is -0.464 e. The molecule has 0 bridgehead atoms. The van der Waals surface area contributed by atoms with Gasteiger partial charge in [0, 0.05) is 22.4 Å². The summed E-state index contributed by atoms with van der Waals surface area (Å²) >= 11 is 0. The maximum atomic E-state index is 13.5.